The zero-order valence-corrected chi connectivity index (χ0v) is 13.6. The zero-order valence-electron chi connectivity index (χ0n) is 12.0. The van der Waals surface area contributed by atoms with Crippen LogP contribution in [0.1, 0.15) is 35.4 Å². The number of nitrogens with one attached hydrogen (secondary N) is 1. The van der Waals surface area contributed by atoms with Gasteiger partial charge in [-0.2, -0.15) is 0 Å². The summed E-state index contributed by atoms with van der Waals surface area (Å²) in [4.78, 5) is 0. The second-order valence-electron chi connectivity index (χ2n) is 5.88. The Kier molecular flexibility index (Phi) is 3.84. The van der Waals surface area contributed by atoms with E-state index < -0.39 is 0 Å². The highest BCUT2D eigenvalue weighted by Gasteiger charge is 2.30. The second-order valence-corrected chi connectivity index (χ2v) is 6.80. The first-order valence-electron chi connectivity index (χ1n) is 7.21. The Labute approximate surface area is 129 Å². The maximum Gasteiger partial charge on any atom is 0.0374 e. The summed E-state index contributed by atoms with van der Waals surface area (Å²) in [6.07, 6.45) is 2.45. The Bertz CT molecular complexity index is 615. The molecule has 104 valence electrons. The fourth-order valence-electron chi connectivity index (χ4n) is 2.88. The molecule has 0 saturated heterocycles. The van der Waals surface area contributed by atoms with Gasteiger partial charge in [0.2, 0.25) is 0 Å². The topological polar surface area (TPSA) is 12.0 Å². The molecule has 0 aromatic heterocycles. The van der Waals surface area contributed by atoms with E-state index in [9.17, 15) is 0 Å². The van der Waals surface area contributed by atoms with Crippen molar-refractivity contribution in [1.82, 2.24) is 0 Å². The summed E-state index contributed by atoms with van der Waals surface area (Å²) < 4.78 is 1.18. The van der Waals surface area contributed by atoms with Crippen LogP contribution in [0.5, 0.6) is 0 Å². The average molecular weight is 330 g/mol. The highest BCUT2D eigenvalue weighted by atomic mass is 79.9. The van der Waals surface area contributed by atoms with Gasteiger partial charge >= 0.3 is 0 Å². The largest absolute Gasteiger partial charge is 0.382 e. The molecule has 0 bridgehead atoms. The lowest BCUT2D eigenvalue weighted by Crippen LogP contribution is -2.34. The minimum absolute atomic E-state index is 0.611. The molecule has 0 spiro atoms. The lowest BCUT2D eigenvalue weighted by atomic mass is 9.76. The highest BCUT2D eigenvalue weighted by molar-refractivity contribution is 9.10. The van der Waals surface area contributed by atoms with Crippen molar-refractivity contribution in [3.05, 3.63) is 63.6 Å². The third-order valence-electron chi connectivity index (χ3n) is 4.21. The van der Waals surface area contributed by atoms with Gasteiger partial charge in [-0.1, -0.05) is 40.2 Å². The lowest BCUT2D eigenvalue weighted by molar-refractivity contribution is 0.374. The molecule has 0 unspecified atom stereocenters. The average Bonchev–Trinajstić information content (AvgIpc) is 2.37. The molecule has 0 atom stereocenters. The van der Waals surface area contributed by atoms with Crippen molar-refractivity contribution >= 4 is 21.6 Å². The van der Waals surface area contributed by atoms with Crippen LogP contribution >= 0.6 is 15.9 Å². The van der Waals surface area contributed by atoms with Crippen molar-refractivity contribution < 1.29 is 0 Å². The van der Waals surface area contributed by atoms with E-state index in [0.29, 0.717) is 12.0 Å². The minimum Gasteiger partial charge on any atom is -0.382 e. The van der Waals surface area contributed by atoms with Crippen molar-refractivity contribution in [3.63, 3.8) is 0 Å². The Morgan fingerprint density at radius 1 is 1.05 bits per heavy atom. The predicted octanol–water partition coefficient (Wildman–Crippen LogP) is 5.42. The number of halogens is 1. The molecule has 3 rings (SSSR count). The fraction of sp³-hybridized carbons (Fsp3) is 0.333. The maximum absolute atomic E-state index is 3.69. The van der Waals surface area contributed by atoms with Crippen LogP contribution in [0.3, 0.4) is 0 Å². The number of hydrogen-bond donors (Lipinski definition) is 1. The molecule has 1 N–H and O–H groups in total. The fourth-order valence-corrected chi connectivity index (χ4v) is 3.30. The molecule has 2 aromatic carbocycles. The van der Waals surface area contributed by atoms with Gasteiger partial charge in [-0.15, -0.1) is 0 Å². The molecular weight excluding hydrogens is 310 g/mol. The first-order chi connectivity index (χ1) is 9.61. The van der Waals surface area contributed by atoms with E-state index in [1.54, 1.807) is 0 Å². The Morgan fingerprint density at radius 3 is 2.60 bits per heavy atom. The summed E-state index contributed by atoms with van der Waals surface area (Å²) >= 11 is 3.55. The zero-order chi connectivity index (χ0) is 14.1. The van der Waals surface area contributed by atoms with Crippen LogP contribution in [0.4, 0.5) is 5.69 Å². The minimum atomic E-state index is 0.611. The predicted molar refractivity (Wildman–Crippen MR) is 89.4 cm³/mol. The Hall–Kier alpha value is -1.28. The summed E-state index contributed by atoms with van der Waals surface area (Å²) in [5.74, 6) is 0.704. The van der Waals surface area contributed by atoms with E-state index in [0.717, 1.165) is 0 Å². The van der Waals surface area contributed by atoms with Gasteiger partial charge in [0.15, 0.2) is 0 Å². The van der Waals surface area contributed by atoms with Crippen LogP contribution in [0.2, 0.25) is 0 Å². The molecule has 2 aromatic rings. The van der Waals surface area contributed by atoms with Crippen molar-refractivity contribution in [2.75, 3.05) is 5.32 Å². The molecule has 0 amide bonds. The molecule has 1 aliphatic rings. The van der Waals surface area contributed by atoms with Crippen LogP contribution in [-0.4, -0.2) is 6.04 Å². The van der Waals surface area contributed by atoms with E-state index >= 15 is 0 Å². The van der Waals surface area contributed by atoms with Crippen molar-refractivity contribution in [1.29, 1.82) is 0 Å². The quantitative estimate of drug-likeness (QED) is 0.792. The molecule has 1 aliphatic carbocycles. The normalized spacial score (nSPS) is 21.4. The van der Waals surface area contributed by atoms with Crippen molar-refractivity contribution in [2.45, 2.75) is 38.6 Å². The van der Waals surface area contributed by atoms with Crippen LogP contribution in [0.15, 0.2) is 46.9 Å². The highest BCUT2D eigenvalue weighted by Crippen LogP contribution is 2.39. The molecule has 0 radical (unpaired) electrons. The van der Waals surface area contributed by atoms with E-state index in [2.05, 4.69) is 77.6 Å². The van der Waals surface area contributed by atoms with Crippen LogP contribution in [0.25, 0.3) is 0 Å². The molecule has 20 heavy (non-hydrogen) atoms. The van der Waals surface area contributed by atoms with E-state index in [1.807, 2.05) is 0 Å². The number of rotatable bonds is 3. The summed E-state index contributed by atoms with van der Waals surface area (Å²) in [5, 5.41) is 3.69. The van der Waals surface area contributed by atoms with E-state index in [-0.39, 0.29) is 0 Å². The molecule has 2 heteroatoms. The first kappa shape index (κ1) is 13.7. The molecule has 1 fully saturated rings. The van der Waals surface area contributed by atoms with Crippen LogP contribution < -0.4 is 5.32 Å². The van der Waals surface area contributed by atoms with Crippen LogP contribution in [0, 0.1) is 13.8 Å². The van der Waals surface area contributed by atoms with Gasteiger partial charge in [-0.05, 0) is 67.5 Å². The molecule has 1 nitrogen and oxygen atoms in total. The van der Waals surface area contributed by atoms with Gasteiger partial charge in [-0.3, -0.25) is 0 Å². The summed E-state index contributed by atoms with van der Waals surface area (Å²) in [6.45, 7) is 4.32. The van der Waals surface area contributed by atoms with E-state index in [4.69, 9.17) is 0 Å². The summed E-state index contributed by atoms with van der Waals surface area (Å²) in [6, 6.07) is 15.9. The molecule has 0 aliphatic heterocycles. The van der Waals surface area contributed by atoms with E-state index in [1.165, 1.54) is 39.7 Å². The molecule has 0 heterocycles. The monoisotopic (exact) mass is 329 g/mol. The number of aryl methyl sites for hydroxylation is 2. The Balaban J connectivity index is 1.62. The van der Waals surface area contributed by atoms with Gasteiger partial charge in [0, 0.05) is 16.2 Å². The van der Waals surface area contributed by atoms with Crippen molar-refractivity contribution in [3.8, 4) is 0 Å². The smallest absolute Gasteiger partial charge is 0.0374 e. The van der Waals surface area contributed by atoms with Gasteiger partial charge in [0.25, 0.3) is 0 Å². The third kappa shape index (κ3) is 2.90. The van der Waals surface area contributed by atoms with Crippen molar-refractivity contribution in [2.24, 2.45) is 0 Å². The third-order valence-corrected chi connectivity index (χ3v) is 4.70. The lowest BCUT2D eigenvalue weighted by Gasteiger charge is -2.37. The molecule has 1 saturated carbocycles. The van der Waals surface area contributed by atoms with Gasteiger partial charge in [-0.25, -0.2) is 0 Å². The van der Waals surface area contributed by atoms with Crippen LogP contribution in [-0.2, 0) is 0 Å². The standard InChI is InChI=1S/C18H20BrN/c1-12-6-7-13(2)18(8-12)20-17-10-15(11-17)14-4-3-5-16(19)9-14/h3-9,15,17,20H,10-11H2,1-2H3. The summed E-state index contributed by atoms with van der Waals surface area (Å²) in [5.41, 5.74) is 5.41. The Morgan fingerprint density at radius 2 is 1.85 bits per heavy atom. The first-order valence-corrected chi connectivity index (χ1v) is 8.00. The summed E-state index contributed by atoms with van der Waals surface area (Å²) in [7, 11) is 0. The van der Waals surface area contributed by atoms with Gasteiger partial charge in [0.05, 0.1) is 0 Å². The maximum atomic E-state index is 3.69. The molecular formula is C18H20BrN. The van der Waals surface area contributed by atoms with Gasteiger partial charge in [0.1, 0.15) is 0 Å². The number of benzene rings is 2. The number of anilines is 1. The van der Waals surface area contributed by atoms with Gasteiger partial charge < -0.3 is 5.32 Å². The number of hydrogen-bond acceptors (Lipinski definition) is 1. The second kappa shape index (κ2) is 5.61. The SMILES string of the molecule is Cc1ccc(C)c(NC2CC(c3cccc(Br)c3)C2)c1.